The van der Waals surface area contributed by atoms with Crippen LogP contribution < -0.4 is 5.32 Å². The van der Waals surface area contributed by atoms with Crippen LogP contribution in [0.15, 0.2) is 48.7 Å². The van der Waals surface area contributed by atoms with Gasteiger partial charge in [0, 0.05) is 36.7 Å². The van der Waals surface area contributed by atoms with Crippen LogP contribution in [0.3, 0.4) is 0 Å². The van der Waals surface area contributed by atoms with Gasteiger partial charge < -0.3 is 9.64 Å². The first-order valence-electron chi connectivity index (χ1n) is 13.5. The summed E-state index contributed by atoms with van der Waals surface area (Å²) >= 11 is 0. The van der Waals surface area contributed by atoms with Crippen molar-refractivity contribution < 1.29 is 18.7 Å². The van der Waals surface area contributed by atoms with Crippen molar-refractivity contribution in [2.75, 3.05) is 13.1 Å². The number of amides is 2. The summed E-state index contributed by atoms with van der Waals surface area (Å²) in [6.07, 6.45) is 2.73. The lowest BCUT2D eigenvalue weighted by atomic mass is 9.56. The number of aromatic nitrogens is 1. The molecule has 3 aliphatic heterocycles. The van der Waals surface area contributed by atoms with E-state index in [0.29, 0.717) is 53.9 Å². The van der Waals surface area contributed by atoms with Gasteiger partial charge in [-0.1, -0.05) is 44.2 Å². The third-order valence-electron chi connectivity index (χ3n) is 8.90. The highest BCUT2D eigenvalue weighted by molar-refractivity contribution is 6.39. The van der Waals surface area contributed by atoms with E-state index in [2.05, 4.69) is 36.3 Å². The van der Waals surface area contributed by atoms with E-state index in [1.54, 1.807) is 24.4 Å². The molecule has 196 valence electrons. The van der Waals surface area contributed by atoms with E-state index in [1.807, 2.05) is 24.0 Å². The Hall–Kier alpha value is -3.03. The number of benzene rings is 2. The SMILES string of the molecule is [B]C([B])(c1ccc(C(C)C)cc1)N1CCC2(c3ccc4ncc(C5CCC(=O)NC5=O)cc4c3F)OC2(C)C1. The molecule has 0 spiro atoms. The lowest BCUT2D eigenvalue weighted by Crippen LogP contribution is -2.55. The number of nitrogens with one attached hydrogen (secondary N) is 1. The number of fused-ring (bicyclic) bond motifs is 2. The highest BCUT2D eigenvalue weighted by Crippen LogP contribution is 2.62. The zero-order valence-electron chi connectivity index (χ0n) is 22.5. The van der Waals surface area contributed by atoms with E-state index in [1.165, 1.54) is 5.56 Å². The molecule has 1 N–H and O–H groups in total. The fourth-order valence-corrected chi connectivity index (χ4v) is 6.37. The second-order valence-corrected chi connectivity index (χ2v) is 11.7. The van der Waals surface area contributed by atoms with Gasteiger partial charge in [0.05, 0.1) is 27.1 Å². The van der Waals surface area contributed by atoms with Gasteiger partial charge in [-0.25, -0.2) is 4.39 Å². The van der Waals surface area contributed by atoms with Crippen molar-refractivity contribution in [3.63, 3.8) is 0 Å². The van der Waals surface area contributed by atoms with E-state index in [9.17, 15) is 9.59 Å². The van der Waals surface area contributed by atoms with E-state index >= 15 is 4.39 Å². The topological polar surface area (TPSA) is 74.8 Å². The smallest absolute Gasteiger partial charge is 0.234 e. The van der Waals surface area contributed by atoms with E-state index in [-0.39, 0.29) is 18.2 Å². The number of halogens is 1. The standard InChI is InChI=1S/C30H30B2FN3O3/c1-17(2)18-4-6-20(7-5-18)30(31,32)36-13-12-29(28(3,16-36)39-29)23-9-10-24-22(26(23)33)14-19(15-34-24)21-8-11-25(37)35-27(21)38/h4-7,9-10,14-15,17,21H,8,11-13,16H2,1-3H3,(H,35,37,38). The van der Waals surface area contributed by atoms with Crippen LogP contribution in [0, 0.1) is 5.82 Å². The number of carbonyl (C=O) groups excluding carboxylic acids is 2. The maximum atomic E-state index is 16.2. The van der Waals surface area contributed by atoms with Crippen molar-refractivity contribution >= 4 is 38.4 Å². The lowest BCUT2D eigenvalue weighted by Gasteiger charge is -2.45. The van der Waals surface area contributed by atoms with Gasteiger partial charge in [0.15, 0.2) is 0 Å². The second kappa shape index (κ2) is 9.00. The van der Waals surface area contributed by atoms with Crippen LogP contribution in [0.4, 0.5) is 4.39 Å². The molecule has 3 fully saturated rings. The predicted octanol–water partition coefficient (Wildman–Crippen LogP) is 3.85. The minimum absolute atomic E-state index is 0.244. The molecule has 4 radical (unpaired) electrons. The fraction of sp³-hybridized carbons (Fsp3) is 0.433. The molecule has 3 aromatic rings. The number of epoxide rings is 1. The molecule has 3 unspecified atom stereocenters. The molecule has 3 aliphatic rings. The number of hydrogen-bond donors (Lipinski definition) is 1. The maximum Gasteiger partial charge on any atom is 0.234 e. The van der Waals surface area contributed by atoms with Crippen molar-refractivity contribution in [1.82, 2.24) is 15.2 Å². The number of pyridine rings is 1. The van der Waals surface area contributed by atoms with Crippen molar-refractivity contribution in [1.29, 1.82) is 0 Å². The molecule has 39 heavy (non-hydrogen) atoms. The van der Waals surface area contributed by atoms with Crippen LogP contribution in [-0.2, 0) is 25.3 Å². The number of ether oxygens (including phenoxy) is 1. The predicted molar refractivity (Wildman–Crippen MR) is 148 cm³/mol. The Bertz CT molecular complexity index is 1490. The van der Waals surface area contributed by atoms with Gasteiger partial charge in [-0.2, -0.15) is 0 Å². The van der Waals surface area contributed by atoms with E-state index < -0.39 is 28.3 Å². The third kappa shape index (κ3) is 4.13. The first kappa shape index (κ1) is 26.2. The zero-order chi connectivity index (χ0) is 27.7. The molecule has 6 nitrogen and oxygen atoms in total. The molecule has 1 aromatic heterocycles. The van der Waals surface area contributed by atoms with Crippen molar-refractivity contribution in [2.45, 2.75) is 68.4 Å². The van der Waals surface area contributed by atoms with E-state index in [0.717, 1.165) is 5.56 Å². The van der Waals surface area contributed by atoms with Crippen molar-refractivity contribution in [3.05, 3.63) is 76.7 Å². The Morgan fingerprint density at radius 3 is 2.59 bits per heavy atom. The molecule has 2 aromatic carbocycles. The molecule has 3 saturated heterocycles. The second-order valence-electron chi connectivity index (χ2n) is 11.7. The highest BCUT2D eigenvalue weighted by atomic mass is 19.1. The van der Waals surface area contributed by atoms with Gasteiger partial charge in [-0.15, -0.1) is 0 Å². The van der Waals surface area contributed by atoms with Gasteiger partial charge in [0.2, 0.25) is 11.8 Å². The first-order chi connectivity index (χ1) is 18.4. The number of carbonyl (C=O) groups is 2. The van der Waals surface area contributed by atoms with Crippen LogP contribution in [0.2, 0.25) is 0 Å². The Morgan fingerprint density at radius 2 is 1.92 bits per heavy atom. The molecule has 0 aliphatic carbocycles. The maximum absolute atomic E-state index is 16.2. The molecule has 3 atom stereocenters. The molecule has 9 heteroatoms. The number of nitrogens with zero attached hydrogens (tertiary/aromatic N) is 2. The van der Waals surface area contributed by atoms with Gasteiger partial charge >= 0.3 is 0 Å². The molecule has 0 saturated carbocycles. The Balaban J connectivity index is 1.28. The monoisotopic (exact) mass is 521 g/mol. The van der Waals surface area contributed by atoms with Crippen LogP contribution in [0.25, 0.3) is 10.9 Å². The first-order valence-corrected chi connectivity index (χ1v) is 13.5. The summed E-state index contributed by atoms with van der Waals surface area (Å²) in [5.41, 5.74) is 2.12. The van der Waals surface area contributed by atoms with Gasteiger partial charge in [-0.05, 0) is 59.8 Å². The number of piperidine rings is 2. The van der Waals surface area contributed by atoms with Crippen LogP contribution >= 0.6 is 0 Å². The lowest BCUT2D eigenvalue weighted by molar-refractivity contribution is -0.134. The minimum Gasteiger partial charge on any atom is -0.356 e. The molecule has 0 bridgehead atoms. The quantitative estimate of drug-likeness (QED) is 0.314. The Morgan fingerprint density at radius 1 is 1.18 bits per heavy atom. The number of hydrogen-bond acceptors (Lipinski definition) is 5. The number of likely N-dealkylation sites (tertiary alicyclic amines) is 1. The summed E-state index contributed by atoms with van der Waals surface area (Å²) in [5, 5.41) is 1.50. The van der Waals surface area contributed by atoms with Crippen molar-refractivity contribution in [3.8, 4) is 0 Å². The molecule has 6 rings (SSSR count). The third-order valence-corrected chi connectivity index (χ3v) is 8.90. The number of imide groups is 1. The number of rotatable bonds is 5. The summed E-state index contributed by atoms with van der Waals surface area (Å²) in [6.45, 7) is 7.22. The fourth-order valence-electron chi connectivity index (χ4n) is 6.37. The largest absolute Gasteiger partial charge is 0.356 e. The van der Waals surface area contributed by atoms with Crippen LogP contribution in [0.5, 0.6) is 0 Å². The summed E-state index contributed by atoms with van der Waals surface area (Å²) in [7, 11) is 13.4. The molecular formula is C30H30B2FN3O3. The van der Waals surface area contributed by atoms with Gasteiger partial charge in [0.25, 0.3) is 0 Å². The van der Waals surface area contributed by atoms with E-state index in [4.69, 9.17) is 20.4 Å². The normalized spacial score (nSPS) is 27.5. The summed E-state index contributed by atoms with van der Waals surface area (Å²) in [4.78, 5) is 30.4. The molecular weight excluding hydrogens is 491 g/mol. The van der Waals surface area contributed by atoms with Gasteiger partial charge in [0.1, 0.15) is 17.0 Å². The average Bonchev–Trinajstić information content (AvgIpc) is 3.54. The van der Waals surface area contributed by atoms with Gasteiger partial charge in [-0.3, -0.25) is 19.9 Å². The molecule has 2 amide bonds. The average molecular weight is 521 g/mol. The van der Waals surface area contributed by atoms with Crippen LogP contribution in [0.1, 0.15) is 74.1 Å². The Labute approximate surface area is 230 Å². The zero-order valence-corrected chi connectivity index (χ0v) is 22.5. The summed E-state index contributed by atoms with van der Waals surface area (Å²) < 4.78 is 22.5. The summed E-state index contributed by atoms with van der Waals surface area (Å²) in [5.74, 6) is -1.20. The highest BCUT2D eigenvalue weighted by Gasteiger charge is 2.71. The molecule has 4 heterocycles. The summed E-state index contributed by atoms with van der Waals surface area (Å²) in [6, 6.07) is 13.3. The Kier molecular flexibility index (Phi) is 6.05. The minimum atomic E-state index is -1.20. The van der Waals surface area contributed by atoms with Crippen LogP contribution in [-0.4, -0.2) is 56.1 Å². The van der Waals surface area contributed by atoms with Crippen molar-refractivity contribution in [2.24, 2.45) is 0 Å².